The van der Waals surface area contributed by atoms with Crippen LogP contribution in [0, 0.1) is 0 Å². The van der Waals surface area contributed by atoms with Crippen molar-refractivity contribution in [1.82, 2.24) is 0 Å². The number of aliphatic carboxylic acids is 2. The molecule has 0 amide bonds. The smallest absolute Gasteiger partial charge is 0.491 e. The number of carboxylic acid groups (broad SMARTS) is 2. The van der Waals surface area contributed by atoms with Crippen LogP contribution in [0.3, 0.4) is 0 Å². The van der Waals surface area contributed by atoms with E-state index in [1.54, 1.807) is 13.8 Å². The largest absolute Gasteiger partial charge is 1.00 e. The van der Waals surface area contributed by atoms with E-state index >= 15 is 0 Å². The third-order valence-corrected chi connectivity index (χ3v) is 4.50. The second kappa shape index (κ2) is 15.5. The summed E-state index contributed by atoms with van der Waals surface area (Å²) in [5.74, 6) is -1.01. The van der Waals surface area contributed by atoms with Gasteiger partial charge in [-0.2, -0.15) is 0 Å². The maximum absolute atomic E-state index is 9.55. The average Bonchev–Trinajstić information content (AvgIpc) is 2.76. The van der Waals surface area contributed by atoms with Crippen molar-refractivity contribution in [1.29, 1.82) is 0 Å². The van der Waals surface area contributed by atoms with Crippen LogP contribution < -0.4 is 39.0 Å². The van der Waals surface area contributed by atoms with Crippen molar-refractivity contribution in [3.8, 4) is 11.5 Å². The molecule has 2 aromatic carbocycles. The second-order valence-electron chi connectivity index (χ2n) is 8.00. The number of hydrogen-bond acceptors (Lipinski definition) is 6. The van der Waals surface area contributed by atoms with Gasteiger partial charge in [-0.25, -0.2) is 9.59 Å². The number of aliphatic hydroxyl groups is 2. The minimum absolute atomic E-state index is 0. The maximum Gasteiger partial charge on any atom is 1.00 e. The zero-order valence-electron chi connectivity index (χ0n) is 20.3. The van der Waals surface area contributed by atoms with Gasteiger partial charge in [0.1, 0.15) is 24.7 Å². The summed E-state index contributed by atoms with van der Waals surface area (Å²) in [5, 5.41) is 34.2. The summed E-state index contributed by atoms with van der Waals surface area (Å²) in [4.78, 5) is 19.1. The van der Waals surface area contributed by atoms with E-state index in [1.165, 1.54) is 11.1 Å². The van der Waals surface area contributed by atoms with Crippen molar-refractivity contribution in [2.45, 2.75) is 45.3 Å². The zero-order valence-corrected chi connectivity index (χ0v) is 22.3. The average molecular weight is 484 g/mol. The van der Waals surface area contributed by atoms with Gasteiger partial charge in [0.15, 0.2) is 0 Å². The molecule has 8 nitrogen and oxygen atoms in total. The third-order valence-electron chi connectivity index (χ3n) is 4.50. The molecule has 0 saturated heterocycles. The molecule has 2 aromatic rings. The van der Waals surface area contributed by atoms with E-state index in [0.29, 0.717) is 12.2 Å². The molecule has 0 spiro atoms. The number of carboxylic acids is 2. The summed E-state index contributed by atoms with van der Waals surface area (Å²) in [5.41, 5.74) is 2.19. The van der Waals surface area contributed by atoms with Crippen molar-refractivity contribution in [2.24, 2.45) is 0 Å². The van der Waals surface area contributed by atoms with Crippen molar-refractivity contribution in [3.63, 3.8) is 0 Å². The van der Waals surface area contributed by atoms with E-state index in [4.69, 9.17) is 19.7 Å². The first kappa shape index (κ1) is 31.6. The number of ether oxygens (including phenoxy) is 2. The van der Waals surface area contributed by atoms with Gasteiger partial charge in [0, 0.05) is 17.6 Å². The molecule has 4 N–H and O–H groups in total. The van der Waals surface area contributed by atoms with E-state index in [9.17, 15) is 19.8 Å². The van der Waals surface area contributed by atoms with Crippen LogP contribution in [0.4, 0.5) is 0 Å². The first-order valence-electron chi connectivity index (χ1n) is 10.4. The van der Waals surface area contributed by atoms with Gasteiger partial charge in [-0.05, 0) is 49.2 Å². The Bertz CT molecular complexity index is 830. The first-order valence-corrected chi connectivity index (χ1v) is 10.4. The standard InChI is InChI=1S/C21H28O4.C4H4O4.Na/c1-15(22)13-24-19-9-5-17(6-10-19)21(3,4)18-7-11-20(12-8-18)25-14-16(2)23;5-3(6)1-2-4(7)8;/h5-12,15-16,22-23H,13-14H2,1-4H3;1-2H,(H,5,6)(H,7,8);/q;;+1/b;2-1-;. The zero-order chi connectivity index (χ0) is 25.0. The van der Waals surface area contributed by atoms with Crippen LogP contribution in [0.15, 0.2) is 60.7 Å². The van der Waals surface area contributed by atoms with Crippen LogP contribution in [0.2, 0.25) is 0 Å². The maximum atomic E-state index is 9.55. The fourth-order valence-electron chi connectivity index (χ4n) is 2.68. The molecular formula is C25H32NaO8+. The Morgan fingerprint density at radius 2 is 1.06 bits per heavy atom. The molecule has 34 heavy (non-hydrogen) atoms. The van der Waals surface area contributed by atoms with E-state index in [-0.39, 0.29) is 48.2 Å². The summed E-state index contributed by atoms with van der Waals surface area (Å²) in [6.45, 7) is 8.32. The van der Waals surface area contributed by atoms with Gasteiger partial charge in [0.05, 0.1) is 12.2 Å². The molecule has 0 fully saturated rings. The van der Waals surface area contributed by atoms with Gasteiger partial charge in [-0.1, -0.05) is 38.1 Å². The molecule has 0 aromatic heterocycles. The SMILES string of the molecule is CC(O)COc1ccc(C(C)(C)c2ccc(OCC(C)O)cc2)cc1.O=C(O)/C=C\C(=O)O.[Na+]. The number of rotatable bonds is 10. The Morgan fingerprint density at radius 3 is 1.29 bits per heavy atom. The van der Waals surface area contributed by atoms with Crippen LogP contribution in [-0.2, 0) is 15.0 Å². The predicted molar refractivity (Wildman–Crippen MR) is 124 cm³/mol. The minimum Gasteiger partial charge on any atom is -0.491 e. The van der Waals surface area contributed by atoms with Gasteiger partial charge >= 0.3 is 41.5 Å². The quantitative estimate of drug-likeness (QED) is 0.279. The Morgan fingerprint density at radius 1 is 0.765 bits per heavy atom. The fraction of sp³-hybridized carbons (Fsp3) is 0.360. The Hall–Kier alpha value is -2.36. The molecule has 0 aliphatic rings. The molecule has 9 heteroatoms. The summed E-state index contributed by atoms with van der Waals surface area (Å²) in [6.07, 6.45) is 0.154. The Balaban J connectivity index is 0.00000104. The molecule has 0 aliphatic carbocycles. The van der Waals surface area contributed by atoms with Gasteiger partial charge in [-0.15, -0.1) is 0 Å². The van der Waals surface area contributed by atoms with Gasteiger partial charge in [0.2, 0.25) is 0 Å². The molecule has 0 heterocycles. The third kappa shape index (κ3) is 12.2. The Kier molecular flexibility index (Phi) is 14.4. The predicted octanol–water partition coefficient (Wildman–Crippen LogP) is 0.248. The molecule has 0 bridgehead atoms. The summed E-state index contributed by atoms with van der Waals surface area (Å²) < 4.78 is 11.0. The van der Waals surface area contributed by atoms with E-state index in [1.807, 2.05) is 24.3 Å². The van der Waals surface area contributed by atoms with Gasteiger partial charge < -0.3 is 29.9 Å². The van der Waals surface area contributed by atoms with Crippen LogP contribution in [0.5, 0.6) is 11.5 Å². The molecule has 0 saturated carbocycles. The molecular weight excluding hydrogens is 451 g/mol. The summed E-state index contributed by atoms with van der Waals surface area (Å²) in [6, 6.07) is 15.9. The topological polar surface area (TPSA) is 134 Å². The van der Waals surface area contributed by atoms with Crippen molar-refractivity contribution in [2.75, 3.05) is 13.2 Å². The van der Waals surface area contributed by atoms with Crippen molar-refractivity contribution in [3.05, 3.63) is 71.8 Å². The molecule has 180 valence electrons. The minimum atomic E-state index is -1.26. The Labute approximate surface area is 222 Å². The number of aliphatic hydroxyl groups excluding tert-OH is 2. The van der Waals surface area contributed by atoms with Crippen molar-refractivity contribution < 1.29 is 69.0 Å². The van der Waals surface area contributed by atoms with Crippen LogP contribution in [-0.4, -0.2) is 57.8 Å². The van der Waals surface area contributed by atoms with Crippen LogP contribution in [0.25, 0.3) is 0 Å². The van der Waals surface area contributed by atoms with E-state index < -0.39 is 24.1 Å². The molecule has 0 aliphatic heterocycles. The summed E-state index contributed by atoms with van der Waals surface area (Å²) >= 11 is 0. The van der Waals surface area contributed by atoms with Crippen LogP contribution >= 0.6 is 0 Å². The normalized spacial score (nSPS) is 12.5. The molecule has 2 unspecified atom stereocenters. The van der Waals surface area contributed by atoms with Gasteiger partial charge in [0.25, 0.3) is 0 Å². The fourth-order valence-corrected chi connectivity index (χ4v) is 2.68. The molecule has 0 radical (unpaired) electrons. The van der Waals surface area contributed by atoms with E-state index in [2.05, 4.69) is 38.1 Å². The van der Waals surface area contributed by atoms with Crippen molar-refractivity contribution >= 4 is 11.9 Å². The molecule has 2 atom stereocenters. The first-order chi connectivity index (χ1) is 15.4. The summed E-state index contributed by atoms with van der Waals surface area (Å²) in [7, 11) is 0. The monoisotopic (exact) mass is 483 g/mol. The number of hydrogen-bond donors (Lipinski definition) is 4. The second-order valence-corrected chi connectivity index (χ2v) is 8.00. The number of carbonyl (C=O) groups is 2. The molecule has 2 rings (SSSR count). The van der Waals surface area contributed by atoms with E-state index in [0.717, 1.165) is 11.5 Å². The van der Waals surface area contributed by atoms with Crippen LogP contribution in [0.1, 0.15) is 38.8 Å². The number of benzene rings is 2. The van der Waals surface area contributed by atoms with Gasteiger partial charge in [-0.3, -0.25) is 0 Å².